The smallest absolute Gasteiger partial charge is 0.168 e. The number of allylic oxidation sites excluding steroid dienone is 1. The van der Waals surface area contributed by atoms with Crippen LogP contribution in [0, 0.1) is 0 Å². The van der Waals surface area contributed by atoms with Gasteiger partial charge in [-0.3, -0.25) is 0 Å². The largest absolute Gasteiger partial charge is 0.415 e. The zero-order valence-electron chi connectivity index (χ0n) is 25.4. The standard InChI is InChI=1S/C31H52O3SSi2/c1-12-24(17-18-32)27-20-23(21-35-27)14-13-22-15-16-25(30(8,9)33-36-28(2,3)4)26(19-22)31(10,11)34-37-29(5,6)7/h15-17,19-21,32H,12-14,18,36-37H2,1-11H3. The van der Waals surface area contributed by atoms with E-state index in [9.17, 15) is 5.11 Å². The van der Waals surface area contributed by atoms with Gasteiger partial charge in [-0.15, -0.1) is 11.3 Å². The van der Waals surface area contributed by atoms with Gasteiger partial charge in [-0.05, 0) is 96.3 Å². The van der Waals surface area contributed by atoms with Crippen molar-refractivity contribution in [3.63, 3.8) is 0 Å². The first kappa shape index (κ1) is 32.2. The van der Waals surface area contributed by atoms with Gasteiger partial charge in [-0.1, -0.05) is 72.7 Å². The molecule has 0 aliphatic carbocycles. The summed E-state index contributed by atoms with van der Waals surface area (Å²) in [5.74, 6) is 0. The van der Waals surface area contributed by atoms with Crippen molar-refractivity contribution >= 4 is 36.4 Å². The molecule has 0 radical (unpaired) electrons. The third-order valence-corrected chi connectivity index (χ3v) is 11.0. The number of rotatable bonds is 12. The summed E-state index contributed by atoms with van der Waals surface area (Å²) in [7, 11) is -1.43. The third-order valence-electron chi connectivity index (χ3n) is 6.50. The first-order chi connectivity index (χ1) is 17.0. The molecule has 37 heavy (non-hydrogen) atoms. The van der Waals surface area contributed by atoms with E-state index in [0.29, 0.717) is 0 Å². The van der Waals surface area contributed by atoms with E-state index in [-0.39, 0.29) is 27.9 Å². The Morgan fingerprint density at radius 1 is 0.811 bits per heavy atom. The highest BCUT2D eigenvalue weighted by molar-refractivity contribution is 7.11. The number of aliphatic hydroxyl groups excluding tert-OH is 1. The Kier molecular flexibility index (Phi) is 11.2. The summed E-state index contributed by atoms with van der Waals surface area (Å²) < 4.78 is 13.4. The molecular weight excluding hydrogens is 509 g/mol. The van der Waals surface area contributed by atoms with Crippen LogP contribution in [0.25, 0.3) is 5.57 Å². The van der Waals surface area contributed by atoms with Gasteiger partial charge < -0.3 is 14.0 Å². The molecule has 2 aromatic rings. The molecule has 0 saturated heterocycles. The first-order valence-electron chi connectivity index (χ1n) is 13.8. The second-order valence-electron chi connectivity index (χ2n) is 13.7. The fourth-order valence-electron chi connectivity index (χ4n) is 4.21. The molecule has 0 aliphatic rings. The predicted octanol–water partition coefficient (Wildman–Crippen LogP) is 7.43. The molecule has 0 unspecified atom stereocenters. The predicted molar refractivity (Wildman–Crippen MR) is 168 cm³/mol. The topological polar surface area (TPSA) is 38.7 Å². The van der Waals surface area contributed by atoms with Crippen LogP contribution in [0.15, 0.2) is 35.7 Å². The summed E-state index contributed by atoms with van der Waals surface area (Å²) >= 11 is 1.78. The van der Waals surface area contributed by atoms with Crippen molar-refractivity contribution in [3.05, 3.63) is 62.9 Å². The molecular formula is C31H52O3SSi2. The second kappa shape index (κ2) is 12.9. The minimum absolute atomic E-state index is 0.0970. The number of hydrogen-bond donors (Lipinski definition) is 1. The summed E-state index contributed by atoms with van der Waals surface area (Å²) in [6, 6.07) is 9.26. The monoisotopic (exact) mass is 560 g/mol. The molecule has 2 rings (SSSR count). The highest BCUT2D eigenvalue weighted by atomic mass is 32.1. The average molecular weight is 561 g/mol. The average Bonchev–Trinajstić information content (AvgIpc) is 3.26. The lowest BCUT2D eigenvalue weighted by atomic mass is 9.84. The fourth-order valence-corrected chi connectivity index (χ4v) is 7.17. The minimum atomic E-state index is -0.724. The summed E-state index contributed by atoms with van der Waals surface area (Å²) in [5.41, 5.74) is 5.72. The van der Waals surface area contributed by atoms with Crippen molar-refractivity contribution in [3.8, 4) is 0 Å². The molecule has 1 aromatic heterocycles. The Balaban J connectivity index is 2.36. The molecule has 1 N–H and O–H groups in total. The number of hydrogen-bond acceptors (Lipinski definition) is 4. The van der Waals surface area contributed by atoms with E-state index in [2.05, 4.69) is 106 Å². The summed E-state index contributed by atoms with van der Waals surface area (Å²) in [4.78, 5) is 1.27. The Morgan fingerprint density at radius 3 is 1.86 bits per heavy atom. The highest BCUT2D eigenvalue weighted by Gasteiger charge is 2.33. The summed E-state index contributed by atoms with van der Waals surface area (Å²) in [6.45, 7) is 24.8. The van der Waals surface area contributed by atoms with E-state index in [1.165, 1.54) is 32.7 Å². The molecule has 6 heteroatoms. The van der Waals surface area contributed by atoms with Crippen LogP contribution in [0.1, 0.15) is 110 Å². The maximum atomic E-state index is 9.33. The second-order valence-corrected chi connectivity index (χ2v) is 20.0. The van der Waals surface area contributed by atoms with Crippen molar-refractivity contribution < 1.29 is 14.0 Å². The van der Waals surface area contributed by atoms with Crippen LogP contribution in [-0.4, -0.2) is 31.2 Å². The van der Waals surface area contributed by atoms with Crippen LogP contribution in [0.4, 0.5) is 0 Å². The van der Waals surface area contributed by atoms with E-state index in [1.54, 1.807) is 11.3 Å². The van der Waals surface area contributed by atoms with Gasteiger partial charge in [-0.25, -0.2) is 0 Å². The normalized spacial score (nSPS) is 14.5. The van der Waals surface area contributed by atoms with Gasteiger partial charge in [0.2, 0.25) is 0 Å². The first-order valence-corrected chi connectivity index (χ1v) is 17.2. The van der Waals surface area contributed by atoms with Gasteiger partial charge in [-0.2, -0.15) is 0 Å². The Bertz CT molecular complexity index is 1040. The van der Waals surface area contributed by atoms with Crippen LogP contribution in [0.3, 0.4) is 0 Å². The summed E-state index contributed by atoms with van der Waals surface area (Å²) in [5, 5.41) is 12.1. The minimum Gasteiger partial charge on any atom is -0.415 e. The Morgan fingerprint density at radius 2 is 1.35 bits per heavy atom. The van der Waals surface area contributed by atoms with Crippen LogP contribution >= 0.6 is 11.3 Å². The molecule has 0 amide bonds. The summed E-state index contributed by atoms with van der Waals surface area (Å²) in [6.07, 6.45) is 4.85. The zero-order chi connectivity index (χ0) is 28.1. The molecule has 0 fully saturated rings. The molecule has 3 nitrogen and oxygen atoms in total. The number of aryl methyl sites for hydroxylation is 2. The van der Waals surface area contributed by atoms with E-state index in [0.717, 1.165) is 19.3 Å². The number of thiophene rings is 1. The van der Waals surface area contributed by atoms with Gasteiger partial charge in [0.1, 0.15) is 0 Å². The molecule has 1 aromatic carbocycles. The van der Waals surface area contributed by atoms with E-state index < -0.39 is 19.5 Å². The van der Waals surface area contributed by atoms with E-state index in [1.807, 2.05) is 6.08 Å². The van der Waals surface area contributed by atoms with E-state index in [4.69, 9.17) is 8.85 Å². The highest BCUT2D eigenvalue weighted by Crippen LogP contribution is 2.39. The van der Waals surface area contributed by atoms with Crippen molar-refractivity contribution in [2.45, 2.75) is 117 Å². The molecule has 0 aliphatic heterocycles. The molecule has 208 valence electrons. The van der Waals surface area contributed by atoms with Gasteiger partial charge in [0.25, 0.3) is 0 Å². The molecule has 0 atom stereocenters. The van der Waals surface area contributed by atoms with E-state index >= 15 is 0 Å². The molecule has 0 bridgehead atoms. The van der Waals surface area contributed by atoms with Crippen LogP contribution in [0.2, 0.25) is 10.1 Å². The van der Waals surface area contributed by atoms with Crippen LogP contribution < -0.4 is 0 Å². The molecule has 1 heterocycles. The molecule has 0 saturated carbocycles. The number of aliphatic hydroxyl groups is 1. The van der Waals surface area contributed by atoms with Crippen molar-refractivity contribution in [1.82, 2.24) is 0 Å². The Hall–Kier alpha value is -1.03. The third kappa shape index (κ3) is 10.2. The van der Waals surface area contributed by atoms with Crippen LogP contribution in [-0.2, 0) is 32.9 Å². The fraction of sp³-hybridized carbons (Fsp3) is 0.613. The van der Waals surface area contributed by atoms with Crippen molar-refractivity contribution in [2.75, 3.05) is 6.61 Å². The van der Waals surface area contributed by atoms with Gasteiger partial charge in [0, 0.05) is 4.88 Å². The zero-order valence-corrected chi connectivity index (χ0v) is 29.0. The maximum Gasteiger partial charge on any atom is 0.168 e. The lowest BCUT2D eigenvalue weighted by Crippen LogP contribution is -2.34. The van der Waals surface area contributed by atoms with Gasteiger partial charge >= 0.3 is 0 Å². The lowest BCUT2D eigenvalue weighted by Gasteiger charge is -2.38. The van der Waals surface area contributed by atoms with Gasteiger partial charge in [0.05, 0.1) is 17.8 Å². The van der Waals surface area contributed by atoms with Crippen molar-refractivity contribution in [2.24, 2.45) is 0 Å². The SMILES string of the molecule is CCC(=CCO)c1cc(CCc2ccc(C(C)(C)O[SiH2]C(C)(C)C)c(C(C)(C)O[SiH2]C(C)(C)C)c2)cs1. The molecule has 0 spiro atoms. The maximum absolute atomic E-state index is 9.33. The Labute approximate surface area is 236 Å². The number of benzene rings is 1. The lowest BCUT2D eigenvalue weighted by molar-refractivity contribution is 0.0829. The van der Waals surface area contributed by atoms with Crippen LogP contribution in [0.5, 0.6) is 0 Å². The van der Waals surface area contributed by atoms with Gasteiger partial charge in [0.15, 0.2) is 19.5 Å². The quantitative estimate of drug-likeness (QED) is 0.274. The van der Waals surface area contributed by atoms with Crippen molar-refractivity contribution in [1.29, 1.82) is 0 Å².